The van der Waals surface area contributed by atoms with Crippen LogP contribution in [0, 0.1) is 0 Å². The number of carbonyl (C=O) groups is 1. The number of carboxylic acids is 1. The first-order valence-corrected chi connectivity index (χ1v) is 7.06. The number of hydrogen-bond donors (Lipinski definition) is 2. The molecule has 0 fully saturated rings. The lowest BCUT2D eigenvalue weighted by Crippen LogP contribution is -2.18. The molecule has 112 valence electrons. The minimum atomic E-state index is -0.795. The molecule has 5 heteroatoms. The summed E-state index contributed by atoms with van der Waals surface area (Å²) in [5.41, 5.74) is 1.98. The van der Waals surface area contributed by atoms with Gasteiger partial charge in [0.15, 0.2) is 0 Å². The van der Waals surface area contributed by atoms with Crippen LogP contribution in [0.2, 0.25) is 0 Å². The molecule has 0 saturated carbocycles. The number of imidazole rings is 1. The number of aryl methyl sites for hydroxylation is 1. The van der Waals surface area contributed by atoms with Crippen molar-refractivity contribution in [1.29, 1.82) is 0 Å². The highest BCUT2D eigenvalue weighted by Gasteiger charge is 2.12. The predicted octanol–water partition coefficient (Wildman–Crippen LogP) is 1.94. The lowest BCUT2D eigenvalue weighted by atomic mass is 10.0. The van der Waals surface area contributed by atoms with E-state index in [4.69, 9.17) is 5.11 Å². The zero-order valence-corrected chi connectivity index (χ0v) is 12.4. The summed E-state index contributed by atoms with van der Waals surface area (Å²) in [7, 11) is 1.99. The molecule has 0 bridgehead atoms. The largest absolute Gasteiger partial charge is 0.481 e. The number of rotatable bonds is 7. The van der Waals surface area contributed by atoms with Crippen molar-refractivity contribution in [2.24, 2.45) is 7.05 Å². The van der Waals surface area contributed by atoms with Crippen molar-refractivity contribution in [1.82, 2.24) is 14.9 Å². The molecule has 2 N–H and O–H groups in total. The normalized spacial score (nSPS) is 12.3. The Morgan fingerprint density at radius 2 is 2.10 bits per heavy atom. The fourth-order valence-electron chi connectivity index (χ4n) is 2.14. The van der Waals surface area contributed by atoms with E-state index >= 15 is 0 Å². The molecule has 0 aliphatic heterocycles. The summed E-state index contributed by atoms with van der Waals surface area (Å²) in [6, 6.07) is 7.72. The zero-order chi connectivity index (χ0) is 15.2. The van der Waals surface area contributed by atoms with Gasteiger partial charge in [0, 0.05) is 39.0 Å². The Hall–Kier alpha value is -2.14. The average Bonchev–Trinajstić information content (AvgIpc) is 2.89. The molecule has 1 atom stereocenters. The van der Waals surface area contributed by atoms with E-state index in [9.17, 15) is 4.79 Å². The fourth-order valence-corrected chi connectivity index (χ4v) is 2.14. The number of carboxylic acid groups (broad SMARTS) is 1. The molecule has 0 spiro atoms. The molecule has 1 heterocycles. The third kappa shape index (κ3) is 4.16. The second-order valence-corrected chi connectivity index (χ2v) is 5.18. The predicted molar refractivity (Wildman–Crippen MR) is 81.1 cm³/mol. The quantitative estimate of drug-likeness (QED) is 0.764. The highest BCUT2D eigenvalue weighted by atomic mass is 16.4. The highest BCUT2D eigenvalue weighted by Crippen LogP contribution is 2.15. The zero-order valence-electron chi connectivity index (χ0n) is 12.4. The molecule has 0 radical (unpaired) electrons. The fraction of sp³-hybridized carbons (Fsp3) is 0.375. The minimum absolute atomic E-state index is 0.463. The first-order valence-electron chi connectivity index (χ1n) is 7.06. The van der Waals surface area contributed by atoms with E-state index in [1.807, 2.05) is 42.1 Å². The molecule has 1 unspecified atom stereocenters. The van der Waals surface area contributed by atoms with Crippen molar-refractivity contribution < 1.29 is 9.90 Å². The number of nitrogens with one attached hydrogen (secondary N) is 1. The van der Waals surface area contributed by atoms with Gasteiger partial charge in [0.25, 0.3) is 0 Å². The summed E-state index contributed by atoms with van der Waals surface area (Å²) in [5, 5.41) is 12.3. The van der Waals surface area contributed by atoms with Crippen LogP contribution in [0.15, 0.2) is 36.7 Å². The standard InChI is InChI=1S/C16H21N3O2/c1-12(16(20)21)14-5-3-13(4-6-14)11-17-8-7-15-18-9-10-19(15)2/h3-6,9-10,12,17H,7-8,11H2,1-2H3,(H,20,21). The molecular weight excluding hydrogens is 266 g/mol. The lowest BCUT2D eigenvalue weighted by Gasteiger charge is -2.09. The molecule has 0 saturated heterocycles. The van der Waals surface area contributed by atoms with Crippen LogP contribution in [-0.2, 0) is 24.8 Å². The van der Waals surface area contributed by atoms with Crippen molar-refractivity contribution in [2.75, 3.05) is 6.54 Å². The first-order chi connectivity index (χ1) is 10.1. The first kappa shape index (κ1) is 15.3. The van der Waals surface area contributed by atoms with E-state index in [1.54, 1.807) is 13.1 Å². The summed E-state index contributed by atoms with van der Waals surface area (Å²) in [6.45, 7) is 3.33. The van der Waals surface area contributed by atoms with Crippen LogP contribution in [-0.4, -0.2) is 27.2 Å². The van der Waals surface area contributed by atoms with E-state index in [0.29, 0.717) is 0 Å². The molecule has 0 aliphatic rings. The van der Waals surface area contributed by atoms with Crippen molar-refractivity contribution in [3.63, 3.8) is 0 Å². The lowest BCUT2D eigenvalue weighted by molar-refractivity contribution is -0.138. The summed E-state index contributed by atoms with van der Waals surface area (Å²) in [5.74, 6) is -0.195. The van der Waals surface area contributed by atoms with Crippen LogP contribution in [0.4, 0.5) is 0 Å². The van der Waals surface area contributed by atoms with Crippen molar-refractivity contribution in [3.8, 4) is 0 Å². The molecule has 1 aromatic carbocycles. The molecule has 2 aromatic rings. The maximum absolute atomic E-state index is 10.9. The number of benzene rings is 1. The van der Waals surface area contributed by atoms with Gasteiger partial charge in [0.2, 0.25) is 0 Å². The van der Waals surface area contributed by atoms with Gasteiger partial charge in [-0.05, 0) is 18.1 Å². The second kappa shape index (κ2) is 7.04. The van der Waals surface area contributed by atoms with Gasteiger partial charge in [-0.1, -0.05) is 24.3 Å². The number of aromatic nitrogens is 2. The Kier molecular flexibility index (Phi) is 5.11. The van der Waals surface area contributed by atoms with Crippen molar-refractivity contribution in [2.45, 2.75) is 25.8 Å². The highest BCUT2D eigenvalue weighted by molar-refractivity contribution is 5.75. The van der Waals surface area contributed by atoms with E-state index < -0.39 is 11.9 Å². The number of aliphatic carboxylic acids is 1. The van der Waals surface area contributed by atoms with Crippen LogP contribution in [0.25, 0.3) is 0 Å². The van der Waals surface area contributed by atoms with Gasteiger partial charge in [-0.2, -0.15) is 0 Å². The summed E-state index contributed by atoms with van der Waals surface area (Å²) >= 11 is 0. The maximum Gasteiger partial charge on any atom is 0.310 e. The molecule has 0 amide bonds. The summed E-state index contributed by atoms with van der Waals surface area (Å²) in [6.07, 6.45) is 4.63. The number of hydrogen-bond acceptors (Lipinski definition) is 3. The molecule has 5 nitrogen and oxygen atoms in total. The van der Waals surface area contributed by atoms with Crippen LogP contribution < -0.4 is 5.32 Å². The summed E-state index contributed by atoms with van der Waals surface area (Å²) in [4.78, 5) is 15.2. The second-order valence-electron chi connectivity index (χ2n) is 5.18. The maximum atomic E-state index is 10.9. The Morgan fingerprint density at radius 1 is 1.38 bits per heavy atom. The summed E-state index contributed by atoms with van der Waals surface area (Å²) < 4.78 is 2.02. The monoisotopic (exact) mass is 287 g/mol. The van der Waals surface area contributed by atoms with Crippen LogP contribution in [0.5, 0.6) is 0 Å². The molecule has 21 heavy (non-hydrogen) atoms. The van der Waals surface area contributed by atoms with Crippen molar-refractivity contribution in [3.05, 3.63) is 53.6 Å². The Balaban J connectivity index is 1.79. The number of nitrogens with zero attached hydrogens (tertiary/aromatic N) is 2. The van der Waals surface area contributed by atoms with Gasteiger partial charge in [0.1, 0.15) is 5.82 Å². The SMILES string of the molecule is CC(C(=O)O)c1ccc(CNCCc2nccn2C)cc1. The van der Waals surface area contributed by atoms with Gasteiger partial charge in [-0.25, -0.2) is 4.98 Å². The molecular formula is C16H21N3O2. The third-order valence-electron chi connectivity index (χ3n) is 3.63. The van der Waals surface area contributed by atoms with Crippen LogP contribution >= 0.6 is 0 Å². The average molecular weight is 287 g/mol. The van der Waals surface area contributed by atoms with E-state index in [0.717, 1.165) is 36.5 Å². The van der Waals surface area contributed by atoms with Crippen LogP contribution in [0.1, 0.15) is 29.8 Å². The Bertz CT molecular complexity index is 590. The van der Waals surface area contributed by atoms with E-state index in [1.165, 1.54) is 0 Å². The smallest absolute Gasteiger partial charge is 0.310 e. The van der Waals surface area contributed by atoms with E-state index in [-0.39, 0.29) is 0 Å². The van der Waals surface area contributed by atoms with Gasteiger partial charge in [-0.3, -0.25) is 4.79 Å². The Labute approximate surface area is 124 Å². The van der Waals surface area contributed by atoms with E-state index in [2.05, 4.69) is 10.3 Å². The van der Waals surface area contributed by atoms with Crippen molar-refractivity contribution >= 4 is 5.97 Å². The van der Waals surface area contributed by atoms with Gasteiger partial charge < -0.3 is 15.0 Å². The van der Waals surface area contributed by atoms with Gasteiger partial charge in [0.05, 0.1) is 5.92 Å². The topological polar surface area (TPSA) is 67.2 Å². The van der Waals surface area contributed by atoms with Crippen LogP contribution in [0.3, 0.4) is 0 Å². The van der Waals surface area contributed by atoms with Gasteiger partial charge in [-0.15, -0.1) is 0 Å². The Morgan fingerprint density at radius 3 is 2.67 bits per heavy atom. The van der Waals surface area contributed by atoms with Gasteiger partial charge >= 0.3 is 5.97 Å². The molecule has 1 aromatic heterocycles. The molecule has 2 rings (SSSR count). The minimum Gasteiger partial charge on any atom is -0.481 e. The third-order valence-corrected chi connectivity index (χ3v) is 3.63. The molecule has 0 aliphatic carbocycles.